The molecule has 1 aromatic carbocycles. The Morgan fingerprint density at radius 2 is 2.12 bits per heavy atom. The summed E-state index contributed by atoms with van der Waals surface area (Å²) in [6.45, 7) is 0.101. The van der Waals surface area contributed by atoms with E-state index in [2.05, 4.69) is 5.16 Å². The Morgan fingerprint density at radius 1 is 1.35 bits per heavy atom. The van der Waals surface area contributed by atoms with Gasteiger partial charge in [-0.25, -0.2) is 8.78 Å². The first-order valence-corrected chi connectivity index (χ1v) is 5.79. The molecule has 4 heteroatoms. The number of benzene rings is 1. The van der Waals surface area contributed by atoms with Gasteiger partial charge in [-0.1, -0.05) is 35.8 Å². The second-order valence-corrected chi connectivity index (χ2v) is 4.22. The molecule has 1 aliphatic rings. The van der Waals surface area contributed by atoms with Gasteiger partial charge in [-0.05, 0) is 18.8 Å². The molecule has 0 amide bonds. The Labute approximate surface area is 99.3 Å². The van der Waals surface area contributed by atoms with E-state index >= 15 is 0 Å². The molecule has 0 heterocycles. The molecule has 0 radical (unpaired) electrons. The summed E-state index contributed by atoms with van der Waals surface area (Å²) in [5.41, 5.74) is 0.514. The first-order chi connectivity index (χ1) is 8.27. The second-order valence-electron chi connectivity index (χ2n) is 4.22. The van der Waals surface area contributed by atoms with E-state index in [0.29, 0.717) is 11.5 Å². The van der Waals surface area contributed by atoms with E-state index in [1.54, 1.807) is 24.4 Å². The van der Waals surface area contributed by atoms with Crippen molar-refractivity contribution in [2.45, 2.75) is 32.3 Å². The van der Waals surface area contributed by atoms with Gasteiger partial charge in [-0.2, -0.15) is 0 Å². The summed E-state index contributed by atoms with van der Waals surface area (Å²) >= 11 is 0. The molecule has 2 nitrogen and oxygen atoms in total. The van der Waals surface area contributed by atoms with Crippen molar-refractivity contribution in [3.8, 4) is 0 Å². The highest BCUT2D eigenvalue weighted by Gasteiger charge is 2.15. The fraction of sp³-hybridized carbons (Fsp3) is 0.462. The van der Waals surface area contributed by atoms with Gasteiger partial charge in [0, 0.05) is 17.3 Å². The molecule has 0 bridgehead atoms. The van der Waals surface area contributed by atoms with Crippen LogP contribution in [0.1, 0.15) is 36.8 Å². The Balaban J connectivity index is 1.87. The van der Waals surface area contributed by atoms with Crippen LogP contribution in [0.25, 0.3) is 0 Å². The second kappa shape index (κ2) is 5.75. The first-order valence-electron chi connectivity index (χ1n) is 5.79. The minimum absolute atomic E-state index is 0.0198. The van der Waals surface area contributed by atoms with Gasteiger partial charge >= 0.3 is 0 Å². The summed E-state index contributed by atoms with van der Waals surface area (Å²) < 4.78 is 25.3. The number of rotatable bonds is 5. The maximum absolute atomic E-state index is 12.6. The number of hydrogen-bond acceptors (Lipinski definition) is 2. The van der Waals surface area contributed by atoms with Gasteiger partial charge in [0.15, 0.2) is 0 Å². The maximum atomic E-state index is 12.6. The summed E-state index contributed by atoms with van der Waals surface area (Å²) in [6.07, 6.45) is 2.85. The quantitative estimate of drug-likeness (QED) is 0.563. The normalized spacial score (nSPS) is 16.4. The van der Waals surface area contributed by atoms with Gasteiger partial charge in [0.1, 0.15) is 6.61 Å². The van der Waals surface area contributed by atoms with Gasteiger partial charge in [0.05, 0.1) is 0 Å². The molecule has 0 unspecified atom stereocenters. The number of oxime groups is 1. The fourth-order valence-electron chi connectivity index (χ4n) is 1.70. The van der Waals surface area contributed by atoms with Crippen molar-refractivity contribution in [1.29, 1.82) is 0 Å². The lowest BCUT2D eigenvalue weighted by molar-refractivity contribution is 0.118. The monoisotopic (exact) mass is 239 g/mol. The highest BCUT2D eigenvalue weighted by atomic mass is 19.3. The zero-order valence-corrected chi connectivity index (χ0v) is 9.48. The zero-order chi connectivity index (χ0) is 12.1. The van der Waals surface area contributed by atoms with E-state index in [9.17, 15) is 8.78 Å². The van der Waals surface area contributed by atoms with Crippen LogP contribution in [0.3, 0.4) is 0 Å². The lowest BCUT2D eigenvalue weighted by Gasteiger charge is -2.19. The molecule has 0 atom stereocenters. The minimum atomic E-state index is -2.47. The van der Waals surface area contributed by atoms with Crippen LogP contribution in [0, 0.1) is 5.92 Å². The lowest BCUT2D eigenvalue weighted by Crippen LogP contribution is -2.12. The van der Waals surface area contributed by atoms with Crippen LogP contribution >= 0.6 is 0 Å². The average molecular weight is 239 g/mol. The van der Waals surface area contributed by atoms with Gasteiger partial charge in [0.25, 0.3) is 6.43 Å². The highest BCUT2D eigenvalue weighted by molar-refractivity contribution is 5.60. The molecular formula is C13H15F2NO. The Morgan fingerprint density at radius 3 is 2.76 bits per heavy atom. The van der Waals surface area contributed by atoms with Gasteiger partial charge in [-0.15, -0.1) is 0 Å². The van der Waals surface area contributed by atoms with Gasteiger partial charge < -0.3 is 4.84 Å². The number of halogens is 2. The summed E-state index contributed by atoms with van der Waals surface area (Å²) in [4.78, 5) is 5.05. The average Bonchev–Trinajstić information content (AvgIpc) is 2.26. The van der Waals surface area contributed by atoms with Crippen LogP contribution in [0.15, 0.2) is 29.4 Å². The van der Waals surface area contributed by atoms with Crippen molar-refractivity contribution in [1.82, 2.24) is 0 Å². The predicted molar refractivity (Wildman–Crippen MR) is 62.0 cm³/mol. The first kappa shape index (κ1) is 12.0. The van der Waals surface area contributed by atoms with Crippen LogP contribution in [-0.2, 0) is 11.4 Å². The smallest absolute Gasteiger partial charge is 0.264 e. The molecule has 1 fully saturated rings. The highest BCUT2D eigenvalue weighted by Crippen LogP contribution is 2.25. The predicted octanol–water partition coefficient (Wildman–Crippen LogP) is 3.93. The summed E-state index contributed by atoms with van der Waals surface area (Å²) in [5, 5.41) is 3.82. The summed E-state index contributed by atoms with van der Waals surface area (Å²) in [5.74, 6) is 0.514. The molecule has 0 aliphatic heterocycles. The van der Waals surface area contributed by atoms with Crippen molar-refractivity contribution in [3.63, 3.8) is 0 Å². The largest absolute Gasteiger partial charge is 0.391 e. The SMILES string of the molecule is FC(F)c1ccccc1CON=CC1CCC1. The molecule has 2 rings (SSSR count). The van der Waals surface area contributed by atoms with E-state index in [0.717, 1.165) is 12.8 Å². The summed E-state index contributed by atoms with van der Waals surface area (Å²) in [7, 11) is 0. The lowest BCUT2D eigenvalue weighted by atomic mass is 9.87. The van der Waals surface area contributed by atoms with Crippen LogP contribution < -0.4 is 0 Å². The molecule has 1 saturated carbocycles. The van der Waals surface area contributed by atoms with Crippen molar-refractivity contribution in [3.05, 3.63) is 35.4 Å². The molecule has 0 saturated heterocycles. The third-order valence-electron chi connectivity index (χ3n) is 3.01. The standard InChI is InChI=1S/C13H15F2NO/c14-13(15)12-7-2-1-6-11(12)9-17-16-8-10-4-3-5-10/h1-2,6-8,10,13H,3-5,9H2. The van der Waals surface area contributed by atoms with Crippen LogP contribution in [-0.4, -0.2) is 6.21 Å². The van der Waals surface area contributed by atoms with Crippen LogP contribution in [0.4, 0.5) is 8.78 Å². The third kappa shape index (κ3) is 3.25. The van der Waals surface area contributed by atoms with E-state index in [1.807, 2.05) is 0 Å². The van der Waals surface area contributed by atoms with Gasteiger partial charge in [0.2, 0.25) is 0 Å². The number of nitrogens with zero attached hydrogens (tertiary/aromatic N) is 1. The fourth-order valence-corrected chi connectivity index (χ4v) is 1.70. The van der Waals surface area contributed by atoms with Crippen LogP contribution in [0.5, 0.6) is 0 Å². The van der Waals surface area contributed by atoms with Crippen molar-refractivity contribution >= 4 is 6.21 Å². The Hall–Kier alpha value is -1.45. The van der Waals surface area contributed by atoms with Crippen LogP contribution in [0.2, 0.25) is 0 Å². The minimum Gasteiger partial charge on any atom is -0.391 e. The molecule has 1 aliphatic carbocycles. The van der Waals surface area contributed by atoms with E-state index in [1.165, 1.54) is 12.5 Å². The van der Waals surface area contributed by atoms with Crippen molar-refractivity contribution in [2.24, 2.45) is 11.1 Å². The zero-order valence-electron chi connectivity index (χ0n) is 9.48. The molecule has 1 aromatic rings. The van der Waals surface area contributed by atoms with Crippen molar-refractivity contribution < 1.29 is 13.6 Å². The Bertz CT molecular complexity index is 389. The molecule has 17 heavy (non-hydrogen) atoms. The number of hydrogen-bond donors (Lipinski definition) is 0. The van der Waals surface area contributed by atoms with Gasteiger partial charge in [-0.3, -0.25) is 0 Å². The van der Waals surface area contributed by atoms with Crippen molar-refractivity contribution in [2.75, 3.05) is 0 Å². The molecule has 92 valence electrons. The molecule has 0 N–H and O–H groups in total. The van der Waals surface area contributed by atoms with E-state index < -0.39 is 6.43 Å². The third-order valence-corrected chi connectivity index (χ3v) is 3.01. The molecular weight excluding hydrogens is 224 g/mol. The van der Waals surface area contributed by atoms with E-state index in [4.69, 9.17) is 4.84 Å². The summed E-state index contributed by atoms with van der Waals surface area (Å²) in [6, 6.07) is 6.38. The molecule has 0 spiro atoms. The maximum Gasteiger partial charge on any atom is 0.264 e. The topological polar surface area (TPSA) is 21.6 Å². The van der Waals surface area contributed by atoms with E-state index in [-0.39, 0.29) is 12.2 Å². The number of alkyl halides is 2. The molecule has 0 aromatic heterocycles. The Kier molecular flexibility index (Phi) is 4.07.